The number of hydrogen-bond acceptors (Lipinski definition) is 2. The lowest BCUT2D eigenvalue weighted by Gasteiger charge is -2.33. The lowest BCUT2D eigenvalue weighted by molar-refractivity contribution is -0.122. The molecule has 1 amide bonds. The number of carbonyl (C=O) groups excluding carboxylic acids is 1. The number of hydrogen-bond donors (Lipinski definition) is 2. The van der Waals surface area contributed by atoms with Crippen molar-refractivity contribution in [2.24, 2.45) is 5.73 Å². The Labute approximate surface area is 130 Å². The van der Waals surface area contributed by atoms with Crippen LogP contribution in [0.25, 0.3) is 0 Å². The normalized spacial score (nSPS) is 13.4. The van der Waals surface area contributed by atoms with E-state index in [0.29, 0.717) is 11.4 Å². The van der Waals surface area contributed by atoms with Crippen molar-refractivity contribution in [2.75, 3.05) is 5.32 Å². The number of halogens is 1. The quantitative estimate of drug-likeness (QED) is 0.849. The average molecular weight is 303 g/mol. The third kappa shape index (κ3) is 3.37. The van der Waals surface area contributed by atoms with Crippen LogP contribution in [0.5, 0.6) is 0 Å². The lowest BCUT2D eigenvalue weighted by atomic mass is 9.84. The highest BCUT2D eigenvalue weighted by molar-refractivity contribution is 6.30. The number of benzene rings is 2. The minimum Gasteiger partial charge on any atom is -0.368 e. The van der Waals surface area contributed by atoms with Gasteiger partial charge in [-0.1, -0.05) is 55.3 Å². The second-order valence-corrected chi connectivity index (χ2v) is 5.45. The maximum absolute atomic E-state index is 12.2. The first kappa shape index (κ1) is 15.4. The minimum atomic E-state index is -0.913. The molecule has 1 atom stereocenters. The van der Waals surface area contributed by atoms with Crippen molar-refractivity contribution in [1.29, 1.82) is 0 Å². The van der Waals surface area contributed by atoms with Crippen LogP contribution in [-0.4, -0.2) is 5.91 Å². The van der Waals surface area contributed by atoms with E-state index in [-0.39, 0.29) is 5.91 Å². The van der Waals surface area contributed by atoms with Crippen LogP contribution < -0.4 is 11.1 Å². The topological polar surface area (TPSA) is 55.1 Å². The van der Waals surface area contributed by atoms with E-state index in [1.165, 1.54) is 0 Å². The molecule has 0 aliphatic rings. The van der Waals surface area contributed by atoms with Gasteiger partial charge >= 0.3 is 0 Å². The zero-order valence-corrected chi connectivity index (χ0v) is 12.7. The van der Waals surface area contributed by atoms with Gasteiger partial charge < -0.3 is 11.1 Å². The number of rotatable bonds is 6. The summed E-state index contributed by atoms with van der Waals surface area (Å²) < 4.78 is 0. The van der Waals surface area contributed by atoms with Gasteiger partial charge in [0.25, 0.3) is 0 Å². The maximum atomic E-state index is 12.2. The number of nitrogens with one attached hydrogen (secondary N) is 1. The van der Waals surface area contributed by atoms with Gasteiger partial charge in [0.05, 0.1) is 0 Å². The smallest absolute Gasteiger partial charge is 0.247 e. The highest BCUT2D eigenvalue weighted by atomic mass is 35.5. The Balaban J connectivity index is 2.44. The second kappa shape index (κ2) is 6.64. The zero-order chi connectivity index (χ0) is 15.3. The van der Waals surface area contributed by atoms with E-state index >= 15 is 0 Å². The highest BCUT2D eigenvalue weighted by Crippen LogP contribution is 2.31. The first-order valence-corrected chi connectivity index (χ1v) is 7.35. The molecule has 0 radical (unpaired) electrons. The van der Waals surface area contributed by atoms with E-state index in [0.717, 1.165) is 17.7 Å². The largest absolute Gasteiger partial charge is 0.368 e. The van der Waals surface area contributed by atoms with Crippen LogP contribution in [0.2, 0.25) is 5.02 Å². The van der Waals surface area contributed by atoms with Gasteiger partial charge in [-0.15, -0.1) is 0 Å². The van der Waals surface area contributed by atoms with E-state index in [1.807, 2.05) is 49.4 Å². The Kier molecular flexibility index (Phi) is 4.86. The number of nitrogens with two attached hydrogens (primary N) is 1. The van der Waals surface area contributed by atoms with Gasteiger partial charge in [-0.2, -0.15) is 0 Å². The number of carbonyl (C=O) groups is 1. The third-order valence-electron chi connectivity index (χ3n) is 3.51. The molecule has 2 aromatic carbocycles. The molecule has 0 heterocycles. The molecule has 3 nitrogen and oxygen atoms in total. The molecule has 2 rings (SSSR count). The van der Waals surface area contributed by atoms with Crippen molar-refractivity contribution in [3.63, 3.8) is 0 Å². The van der Waals surface area contributed by atoms with Crippen LogP contribution in [0.3, 0.4) is 0 Å². The van der Waals surface area contributed by atoms with Gasteiger partial charge in [-0.3, -0.25) is 4.79 Å². The summed E-state index contributed by atoms with van der Waals surface area (Å²) in [7, 11) is 0. The van der Waals surface area contributed by atoms with E-state index in [9.17, 15) is 4.79 Å². The van der Waals surface area contributed by atoms with Crippen LogP contribution >= 0.6 is 11.6 Å². The first-order chi connectivity index (χ1) is 10.1. The Morgan fingerprint density at radius 1 is 1.14 bits per heavy atom. The second-order valence-electron chi connectivity index (χ2n) is 5.02. The molecule has 110 valence electrons. The molecule has 1 unspecified atom stereocenters. The van der Waals surface area contributed by atoms with Gasteiger partial charge in [-0.25, -0.2) is 0 Å². The minimum absolute atomic E-state index is 0.384. The Morgan fingerprint density at radius 3 is 2.29 bits per heavy atom. The van der Waals surface area contributed by atoms with Crippen LogP contribution in [0.15, 0.2) is 54.6 Å². The van der Waals surface area contributed by atoms with Crippen molar-refractivity contribution < 1.29 is 4.79 Å². The summed E-state index contributed by atoms with van der Waals surface area (Å²) in [6.07, 6.45) is 1.45. The van der Waals surface area contributed by atoms with E-state index in [4.69, 9.17) is 17.3 Å². The van der Waals surface area contributed by atoms with Gasteiger partial charge in [0.1, 0.15) is 5.54 Å². The summed E-state index contributed by atoms with van der Waals surface area (Å²) in [4.78, 5) is 12.2. The fourth-order valence-corrected chi connectivity index (χ4v) is 2.61. The standard InChI is InChI=1S/C17H19ClN2O/c1-2-12-17(16(19)21,13-6-4-3-5-7-13)20-15-10-8-14(18)9-11-15/h3-11,20H,2,12H2,1H3,(H2,19,21). The molecule has 0 bridgehead atoms. The number of amides is 1. The Hall–Kier alpha value is -2.00. The van der Waals surface area contributed by atoms with Crippen molar-refractivity contribution in [3.05, 3.63) is 65.2 Å². The SMILES string of the molecule is CCCC(Nc1ccc(Cl)cc1)(C(N)=O)c1ccccc1. The molecule has 0 saturated heterocycles. The number of anilines is 1. The van der Waals surface area contributed by atoms with Crippen LogP contribution in [0.4, 0.5) is 5.69 Å². The van der Waals surface area contributed by atoms with E-state index in [2.05, 4.69) is 5.32 Å². The zero-order valence-electron chi connectivity index (χ0n) is 12.0. The molecule has 0 aromatic heterocycles. The molecular weight excluding hydrogens is 284 g/mol. The molecule has 0 aliphatic heterocycles. The highest BCUT2D eigenvalue weighted by Gasteiger charge is 2.37. The van der Waals surface area contributed by atoms with Crippen molar-refractivity contribution >= 4 is 23.2 Å². The molecule has 3 N–H and O–H groups in total. The Morgan fingerprint density at radius 2 is 1.76 bits per heavy atom. The number of primary amides is 1. The van der Waals surface area contributed by atoms with Crippen LogP contribution in [0.1, 0.15) is 25.3 Å². The third-order valence-corrected chi connectivity index (χ3v) is 3.77. The van der Waals surface area contributed by atoms with Gasteiger partial charge in [0, 0.05) is 10.7 Å². The summed E-state index contributed by atoms with van der Waals surface area (Å²) in [5.74, 6) is -0.384. The Bertz CT molecular complexity index is 598. The summed E-state index contributed by atoms with van der Waals surface area (Å²) >= 11 is 5.90. The summed E-state index contributed by atoms with van der Waals surface area (Å²) in [6, 6.07) is 16.8. The summed E-state index contributed by atoms with van der Waals surface area (Å²) in [6.45, 7) is 2.03. The van der Waals surface area contributed by atoms with Crippen LogP contribution in [0, 0.1) is 0 Å². The van der Waals surface area contributed by atoms with Crippen molar-refractivity contribution in [3.8, 4) is 0 Å². The van der Waals surface area contributed by atoms with Gasteiger partial charge in [0.2, 0.25) is 5.91 Å². The molecule has 2 aromatic rings. The lowest BCUT2D eigenvalue weighted by Crippen LogP contribution is -2.47. The van der Waals surface area contributed by atoms with E-state index in [1.54, 1.807) is 12.1 Å². The monoisotopic (exact) mass is 302 g/mol. The van der Waals surface area contributed by atoms with Crippen molar-refractivity contribution in [2.45, 2.75) is 25.3 Å². The average Bonchev–Trinajstić information content (AvgIpc) is 2.49. The molecule has 0 aliphatic carbocycles. The molecular formula is C17H19ClN2O. The molecule has 0 spiro atoms. The molecule has 21 heavy (non-hydrogen) atoms. The molecule has 0 saturated carbocycles. The van der Waals surface area contributed by atoms with Crippen LogP contribution in [-0.2, 0) is 10.3 Å². The fourth-order valence-electron chi connectivity index (χ4n) is 2.48. The fraction of sp³-hybridized carbons (Fsp3) is 0.235. The van der Waals surface area contributed by atoms with Gasteiger partial charge in [0.15, 0.2) is 0 Å². The van der Waals surface area contributed by atoms with E-state index < -0.39 is 5.54 Å². The summed E-state index contributed by atoms with van der Waals surface area (Å²) in [5.41, 5.74) is 6.51. The van der Waals surface area contributed by atoms with Crippen molar-refractivity contribution in [1.82, 2.24) is 0 Å². The summed E-state index contributed by atoms with van der Waals surface area (Å²) in [5, 5.41) is 3.96. The first-order valence-electron chi connectivity index (χ1n) is 6.97. The predicted molar refractivity (Wildman–Crippen MR) is 87.3 cm³/mol. The molecule has 0 fully saturated rings. The predicted octanol–water partition coefficient (Wildman–Crippen LogP) is 3.93. The van der Waals surface area contributed by atoms with Gasteiger partial charge in [-0.05, 0) is 36.2 Å². The maximum Gasteiger partial charge on any atom is 0.247 e. The molecule has 4 heteroatoms.